The molecule has 2 aromatic carbocycles. The van der Waals surface area contributed by atoms with Crippen molar-refractivity contribution in [2.24, 2.45) is 0 Å². The summed E-state index contributed by atoms with van der Waals surface area (Å²) in [4.78, 5) is 28.3. The molecule has 0 saturated heterocycles. The van der Waals surface area contributed by atoms with Crippen LogP contribution in [-0.2, 0) is 6.42 Å². The van der Waals surface area contributed by atoms with Crippen LogP contribution in [0.2, 0.25) is 0 Å². The van der Waals surface area contributed by atoms with E-state index in [9.17, 15) is 9.59 Å². The summed E-state index contributed by atoms with van der Waals surface area (Å²) in [5.74, 6) is 0.260. The molecular formula is C21H24N2O2. The molecule has 25 heavy (non-hydrogen) atoms. The molecular weight excluding hydrogens is 312 g/mol. The molecule has 0 aliphatic heterocycles. The highest BCUT2D eigenvalue weighted by molar-refractivity contribution is 6.00. The van der Waals surface area contributed by atoms with Crippen molar-refractivity contribution in [3.63, 3.8) is 0 Å². The third kappa shape index (κ3) is 3.70. The van der Waals surface area contributed by atoms with E-state index in [1.807, 2.05) is 74.4 Å². The van der Waals surface area contributed by atoms with Crippen LogP contribution < -0.4 is 0 Å². The minimum Gasteiger partial charge on any atom is -0.302 e. The fourth-order valence-corrected chi connectivity index (χ4v) is 3.31. The maximum atomic E-state index is 12.3. The Morgan fingerprint density at radius 2 is 1.16 bits per heavy atom. The van der Waals surface area contributed by atoms with Gasteiger partial charge in [-0.1, -0.05) is 24.3 Å². The summed E-state index contributed by atoms with van der Waals surface area (Å²) < 4.78 is 0. The number of ketones is 2. The molecule has 4 heteroatoms. The molecule has 0 heterocycles. The number of rotatable bonds is 6. The Kier molecular flexibility index (Phi) is 4.84. The first-order valence-electron chi connectivity index (χ1n) is 8.47. The number of Topliss-reactive ketones (excluding diaryl/α,β-unsaturated/α-hetero) is 2. The highest BCUT2D eigenvalue weighted by atomic mass is 16.1. The van der Waals surface area contributed by atoms with Crippen LogP contribution in [0.15, 0.2) is 36.4 Å². The standard InChI is InChI=1S/C21H24N2O2/c1-22(2)12-20(24)14-5-7-18-16(9-14)11-17-10-15(6-8-19(17)18)21(25)13-23(3)4/h5-10H,11-13H2,1-4H3. The van der Waals surface area contributed by atoms with Crippen LogP contribution >= 0.6 is 0 Å². The molecule has 0 bridgehead atoms. The van der Waals surface area contributed by atoms with E-state index in [0.717, 1.165) is 28.7 Å². The van der Waals surface area contributed by atoms with Gasteiger partial charge in [0.25, 0.3) is 0 Å². The van der Waals surface area contributed by atoms with E-state index in [1.54, 1.807) is 0 Å². The summed E-state index contributed by atoms with van der Waals surface area (Å²) in [7, 11) is 7.58. The zero-order valence-corrected chi connectivity index (χ0v) is 15.3. The summed E-state index contributed by atoms with van der Waals surface area (Å²) in [5, 5.41) is 0. The Hall–Kier alpha value is -2.30. The van der Waals surface area contributed by atoms with Gasteiger partial charge >= 0.3 is 0 Å². The largest absolute Gasteiger partial charge is 0.302 e. The second-order valence-electron chi connectivity index (χ2n) is 7.24. The van der Waals surface area contributed by atoms with Crippen LogP contribution in [0.4, 0.5) is 0 Å². The van der Waals surface area contributed by atoms with Crippen LogP contribution in [0, 0.1) is 0 Å². The van der Waals surface area contributed by atoms with Gasteiger partial charge in [-0.25, -0.2) is 0 Å². The average Bonchev–Trinajstić information content (AvgIpc) is 2.90. The molecule has 0 spiro atoms. The lowest BCUT2D eigenvalue weighted by atomic mass is 10.00. The molecule has 0 atom stereocenters. The zero-order chi connectivity index (χ0) is 18.1. The second kappa shape index (κ2) is 6.90. The molecule has 1 aliphatic carbocycles. The molecule has 1 aliphatic rings. The first kappa shape index (κ1) is 17.5. The fourth-order valence-electron chi connectivity index (χ4n) is 3.31. The highest BCUT2D eigenvalue weighted by Gasteiger charge is 2.21. The monoisotopic (exact) mass is 336 g/mol. The Morgan fingerprint density at radius 1 is 0.760 bits per heavy atom. The third-order valence-corrected chi connectivity index (χ3v) is 4.45. The zero-order valence-electron chi connectivity index (χ0n) is 15.3. The van der Waals surface area contributed by atoms with Crippen LogP contribution in [0.3, 0.4) is 0 Å². The first-order valence-corrected chi connectivity index (χ1v) is 8.47. The SMILES string of the molecule is CN(C)CC(=O)c1ccc2c(c1)Cc1cc(C(=O)CN(C)C)ccc1-2. The topological polar surface area (TPSA) is 40.6 Å². The molecule has 0 saturated carbocycles. The summed E-state index contributed by atoms with van der Waals surface area (Å²) in [6, 6.07) is 11.9. The maximum Gasteiger partial charge on any atom is 0.176 e. The van der Waals surface area contributed by atoms with Crippen molar-refractivity contribution in [1.82, 2.24) is 9.80 Å². The molecule has 0 unspecified atom stereocenters. The molecule has 0 fully saturated rings. The molecule has 130 valence electrons. The van der Waals surface area contributed by atoms with Crippen LogP contribution in [0.25, 0.3) is 11.1 Å². The quantitative estimate of drug-likeness (QED) is 0.649. The van der Waals surface area contributed by atoms with Crippen LogP contribution in [-0.4, -0.2) is 62.6 Å². The van der Waals surface area contributed by atoms with Gasteiger partial charge < -0.3 is 9.80 Å². The Balaban J connectivity index is 1.87. The van der Waals surface area contributed by atoms with Crippen molar-refractivity contribution in [2.75, 3.05) is 41.3 Å². The Morgan fingerprint density at radius 3 is 1.52 bits per heavy atom. The van der Waals surface area contributed by atoms with Crippen molar-refractivity contribution in [3.8, 4) is 11.1 Å². The summed E-state index contributed by atoms with van der Waals surface area (Å²) in [6.07, 6.45) is 0.775. The number of hydrogen-bond acceptors (Lipinski definition) is 4. The van der Waals surface area contributed by atoms with E-state index in [0.29, 0.717) is 13.1 Å². The van der Waals surface area contributed by atoms with Gasteiger partial charge in [0.05, 0.1) is 13.1 Å². The lowest BCUT2D eigenvalue weighted by Crippen LogP contribution is -2.21. The number of fused-ring (bicyclic) bond motifs is 3. The fraction of sp³-hybridized carbons (Fsp3) is 0.333. The number of nitrogens with zero attached hydrogens (tertiary/aromatic N) is 2. The van der Waals surface area contributed by atoms with Gasteiger partial charge in [-0.05, 0) is 69.0 Å². The van der Waals surface area contributed by atoms with Gasteiger partial charge in [-0.15, -0.1) is 0 Å². The minimum atomic E-state index is 0.130. The van der Waals surface area contributed by atoms with Crippen LogP contribution in [0.5, 0.6) is 0 Å². The van der Waals surface area contributed by atoms with E-state index in [1.165, 1.54) is 11.1 Å². The summed E-state index contributed by atoms with van der Waals surface area (Å²) in [6.45, 7) is 0.823. The van der Waals surface area contributed by atoms with Gasteiger partial charge in [0, 0.05) is 11.1 Å². The van der Waals surface area contributed by atoms with Crippen molar-refractivity contribution in [3.05, 3.63) is 58.7 Å². The predicted molar refractivity (Wildman–Crippen MR) is 100 cm³/mol. The van der Waals surface area contributed by atoms with E-state index < -0.39 is 0 Å². The normalized spacial score (nSPS) is 12.4. The summed E-state index contributed by atoms with van der Waals surface area (Å²) >= 11 is 0. The molecule has 4 nitrogen and oxygen atoms in total. The van der Waals surface area contributed by atoms with E-state index >= 15 is 0 Å². The van der Waals surface area contributed by atoms with Gasteiger partial charge in [-0.3, -0.25) is 9.59 Å². The number of carbonyl (C=O) groups excluding carboxylic acids is 2. The van der Waals surface area contributed by atoms with Gasteiger partial charge in [0.2, 0.25) is 0 Å². The molecule has 2 aromatic rings. The molecule has 0 aromatic heterocycles. The first-order chi connectivity index (χ1) is 11.8. The molecule has 3 rings (SSSR count). The van der Waals surface area contributed by atoms with Gasteiger partial charge in [0.1, 0.15) is 0 Å². The second-order valence-corrected chi connectivity index (χ2v) is 7.24. The average molecular weight is 336 g/mol. The van der Waals surface area contributed by atoms with Crippen molar-refractivity contribution < 1.29 is 9.59 Å². The predicted octanol–water partition coefficient (Wildman–Crippen LogP) is 2.75. The summed E-state index contributed by atoms with van der Waals surface area (Å²) in [5.41, 5.74) is 6.17. The van der Waals surface area contributed by atoms with Crippen molar-refractivity contribution in [2.45, 2.75) is 6.42 Å². The van der Waals surface area contributed by atoms with E-state index in [-0.39, 0.29) is 11.6 Å². The Bertz CT molecular complexity index is 768. The maximum absolute atomic E-state index is 12.3. The lowest BCUT2D eigenvalue weighted by molar-refractivity contribution is 0.0949. The minimum absolute atomic E-state index is 0.130. The molecule has 0 N–H and O–H groups in total. The molecule has 0 amide bonds. The number of carbonyl (C=O) groups is 2. The van der Waals surface area contributed by atoms with Gasteiger partial charge in [0.15, 0.2) is 11.6 Å². The van der Waals surface area contributed by atoms with Gasteiger partial charge in [-0.2, -0.15) is 0 Å². The van der Waals surface area contributed by atoms with Crippen molar-refractivity contribution >= 4 is 11.6 Å². The van der Waals surface area contributed by atoms with Crippen LogP contribution in [0.1, 0.15) is 31.8 Å². The molecule has 0 radical (unpaired) electrons. The van der Waals surface area contributed by atoms with Crippen molar-refractivity contribution in [1.29, 1.82) is 0 Å². The third-order valence-electron chi connectivity index (χ3n) is 4.45. The smallest absolute Gasteiger partial charge is 0.176 e. The lowest BCUT2D eigenvalue weighted by Gasteiger charge is -2.10. The number of likely N-dealkylation sites (N-methyl/N-ethyl adjacent to an activating group) is 2. The number of hydrogen-bond donors (Lipinski definition) is 0. The van der Waals surface area contributed by atoms with E-state index in [2.05, 4.69) is 0 Å². The number of benzene rings is 2. The van der Waals surface area contributed by atoms with E-state index in [4.69, 9.17) is 0 Å². The Labute approximate surface area is 149 Å². The highest BCUT2D eigenvalue weighted by Crippen LogP contribution is 2.37.